The van der Waals surface area contributed by atoms with Crippen LogP contribution in [0.5, 0.6) is 0 Å². The van der Waals surface area contributed by atoms with Gasteiger partial charge in [-0.15, -0.1) is 6.58 Å². The Kier molecular flexibility index (Phi) is 6.84. The van der Waals surface area contributed by atoms with E-state index < -0.39 is 0 Å². The van der Waals surface area contributed by atoms with Gasteiger partial charge < -0.3 is 11.1 Å². The summed E-state index contributed by atoms with van der Waals surface area (Å²) in [6.45, 7) is 7.47. The molecule has 2 heteroatoms. The molecule has 0 atom stereocenters. The third kappa shape index (κ3) is 7.13. The lowest BCUT2D eigenvalue weighted by atomic mass is 10.2. The van der Waals surface area contributed by atoms with Gasteiger partial charge in [-0.2, -0.15) is 0 Å². The van der Waals surface area contributed by atoms with Crippen LogP contribution in [0.1, 0.15) is 19.8 Å². The van der Waals surface area contributed by atoms with E-state index in [9.17, 15) is 0 Å². The van der Waals surface area contributed by atoms with Crippen molar-refractivity contribution in [1.29, 1.82) is 0 Å². The number of unbranched alkanes of at least 4 members (excludes halogenated alkanes) is 1. The van der Waals surface area contributed by atoms with Crippen LogP contribution in [0.4, 0.5) is 0 Å². The lowest BCUT2D eigenvalue weighted by Crippen LogP contribution is -2.20. The van der Waals surface area contributed by atoms with Gasteiger partial charge in [0.1, 0.15) is 0 Å². The molecule has 0 radical (unpaired) electrons. The summed E-state index contributed by atoms with van der Waals surface area (Å²) in [5.41, 5.74) is 6.59. The minimum Gasteiger partial charge on any atom is -0.401 e. The maximum atomic E-state index is 5.66. The highest BCUT2D eigenvalue weighted by Crippen LogP contribution is 1.93. The smallest absolute Gasteiger partial charge is 0.0348 e. The molecule has 0 saturated heterocycles. The van der Waals surface area contributed by atoms with E-state index in [1.54, 1.807) is 0 Å². The second kappa shape index (κ2) is 7.35. The van der Waals surface area contributed by atoms with Crippen LogP contribution in [0, 0.1) is 0 Å². The van der Waals surface area contributed by atoms with E-state index in [1.165, 1.54) is 0 Å². The molecule has 2 nitrogen and oxygen atoms in total. The molecule has 3 N–H and O–H groups in total. The van der Waals surface area contributed by atoms with Gasteiger partial charge in [0.2, 0.25) is 0 Å². The van der Waals surface area contributed by atoms with Crippen molar-refractivity contribution < 1.29 is 0 Å². The predicted octanol–water partition coefficient (Wildman–Crippen LogP) is 1.40. The summed E-state index contributed by atoms with van der Waals surface area (Å²) >= 11 is 0. The average molecular weight is 154 g/mol. The van der Waals surface area contributed by atoms with Gasteiger partial charge in [0.25, 0.3) is 0 Å². The van der Waals surface area contributed by atoms with Crippen LogP contribution in [0.25, 0.3) is 0 Å². The van der Waals surface area contributed by atoms with Gasteiger partial charge >= 0.3 is 0 Å². The van der Waals surface area contributed by atoms with Crippen LogP contribution in [0.2, 0.25) is 0 Å². The molecule has 0 aliphatic rings. The fourth-order valence-corrected chi connectivity index (χ4v) is 0.728. The molecule has 0 saturated carbocycles. The van der Waals surface area contributed by atoms with Crippen molar-refractivity contribution in [2.45, 2.75) is 19.8 Å². The number of rotatable bonds is 6. The molecule has 0 fully saturated rings. The highest BCUT2D eigenvalue weighted by Gasteiger charge is 1.86. The van der Waals surface area contributed by atoms with E-state index in [4.69, 9.17) is 5.73 Å². The van der Waals surface area contributed by atoms with E-state index in [0.29, 0.717) is 0 Å². The molecule has 0 heterocycles. The number of likely N-dealkylation sites (N-methyl/N-ethyl adjacent to an activating group) is 1. The van der Waals surface area contributed by atoms with Crippen molar-refractivity contribution in [2.24, 2.45) is 5.73 Å². The monoisotopic (exact) mass is 154 g/mol. The molecule has 0 amide bonds. The molecular formula is C9H18N2. The second-order valence-corrected chi connectivity index (χ2v) is 2.43. The summed E-state index contributed by atoms with van der Waals surface area (Å²) in [5, 5.41) is 3.16. The molecule has 11 heavy (non-hydrogen) atoms. The fraction of sp³-hybridized carbons (Fsp3) is 0.556. The zero-order valence-electron chi connectivity index (χ0n) is 7.27. The number of hydrogen-bond donors (Lipinski definition) is 2. The highest BCUT2D eigenvalue weighted by molar-refractivity contribution is 4.98. The first-order chi connectivity index (χ1) is 5.31. The first-order valence-electron chi connectivity index (χ1n) is 4.07. The van der Waals surface area contributed by atoms with E-state index in [0.717, 1.165) is 31.6 Å². The van der Waals surface area contributed by atoms with Gasteiger partial charge in [-0.1, -0.05) is 19.1 Å². The Morgan fingerprint density at radius 1 is 1.55 bits per heavy atom. The summed E-state index contributed by atoms with van der Waals surface area (Å²) in [7, 11) is 0. The summed E-state index contributed by atoms with van der Waals surface area (Å²) < 4.78 is 0. The maximum Gasteiger partial charge on any atom is 0.0348 e. The summed E-state index contributed by atoms with van der Waals surface area (Å²) in [6, 6.07) is 0. The number of nitrogens with one attached hydrogen (secondary N) is 1. The van der Waals surface area contributed by atoms with Gasteiger partial charge in [0.05, 0.1) is 0 Å². The van der Waals surface area contributed by atoms with E-state index >= 15 is 0 Å². The Morgan fingerprint density at radius 3 is 2.82 bits per heavy atom. The Bertz CT molecular complexity index is 128. The van der Waals surface area contributed by atoms with Crippen LogP contribution in [0.3, 0.4) is 0 Å². The first-order valence-corrected chi connectivity index (χ1v) is 4.07. The van der Waals surface area contributed by atoms with Crippen molar-refractivity contribution in [3.05, 3.63) is 24.4 Å². The Labute approximate surface area is 69.2 Å². The summed E-state index contributed by atoms with van der Waals surface area (Å²) in [4.78, 5) is 0. The Balaban J connectivity index is 3.37. The minimum absolute atomic E-state index is 0.799. The van der Waals surface area contributed by atoms with Crippen molar-refractivity contribution in [2.75, 3.05) is 13.1 Å². The summed E-state index contributed by atoms with van der Waals surface area (Å²) in [6.07, 6.45) is 5.95. The first kappa shape index (κ1) is 10.2. The lowest BCUT2D eigenvalue weighted by molar-refractivity contribution is 0.766. The van der Waals surface area contributed by atoms with Gasteiger partial charge in [0.15, 0.2) is 0 Å². The third-order valence-corrected chi connectivity index (χ3v) is 1.36. The van der Waals surface area contributed by atoms with Gasteiger partial charge in [-0.05, 0) is 19.4 Å². The Hall–Kier alpha value is -0.760. The van der Waals surface area contributed by atoms with E-state index in [1.807, 2.05) is 12.2 Å². The number of allylic oxidation sites excluding steroid dienone is 2. The van der Waals surface area contributed by atoms with Crippen molar-refractivity contribution in [3.8, 4) is 0 Å². The number of hydrogen-bond acceptors (Lipinski definition) is 2. The zero-order valence-corrected chi connectivity index (χ0v) is 7.27. The molecule has 0 aliphatic carbocycles. The normalized spacial score (nSPS) is 11.5. The molecular weight excluding hydrogens is 136 g/mol. The minimum atomic E-state index is 0.799. The molecule has 0 rings (SSSR count). The largest absolute Gasteiger partial charge is 0.401 e. The molecule has 0 aliphatic heterocycles. The fourth-order valence-electron chi connectivity index (χ4n) is 0.728. The van der Waals surface area contributed by atoms with Crippen molar-refractivity contribution in [3.63, 3.8) is 0 Å². The molecule has 0 spiro atoms. The van der Waals surface area contributed by atoms with Crippen LogP contribution in [-0.2, 0) is 0 Å². The highest BCUT2D eigenvalue weighted by atomic mass is 14.9. The maximum absolute atomic E-state index is 5.66. The molecule has 64 valence electrons. The quantitative estimate of drug-likeness (QED) is 0.448. The van der Waals surface area contributed by atoms with E-state index in [2.05, 4.69) is 18.8 Å². The predicted molar refractivity (Wildman–Crippen MR) is 50.2 cm³/mol. The van der Waals surface area contributed by atoms with Crippen LogP contribution < -0.4 is 11.1 Å². The van der Waals surface area contributed by atoms with Gasteiger partial charge in [-0.3, -0.25) is 0 Å². The van der Waals surface area contributed by atoms with Crippen LogP contribution in [0.15, 0.2) is 24.4 Å². The van der Waals surface area contributed by atoms with Crippen LogP contribution >= 0.6 is 0 Å². The second-order valence-electron chi connectivity index (χ2n) is 2.43. The molecule has 0 aromatic carbocycles. The van der Waals surface area contributed by atoms with Crippen LogP contribution in [-0.4, -0.2) is 13.1 Å². The topological polar surface area (TPSA) is 38.0 Å². The molecule has 0 aromatic heterocycles. The zero-order chi connectivity index (χ0) is 8.53. The third-order valence-electron chi connectivity index (χ3n) is 1.36. The van der Waals surface area contributed by atoms with Crippen molar-refractivity contribution in [1.82, 2.24) is 5.32 Å². The van der Waals surface area contributed by atoms with Crippen molar-refractivity contribution >= 4 is 0 Å². The SMILES string of the molecule is C=CCC/C=C(/N)CNCC. The summed E-state index contributed by atoms with van der Waals surface area (Å²) in [5.74, 6) is 0. The standard InChI is InChI=1S/C9H18N2/c1-3-5-6-7-9(10)8-11-4-2/h3,7,11H,1,4-6,8,10H2,2H3/b9-7+. The molecule has 0 bridgehead atoms. The Morgan fingerprint density at radius 2 is 2.27 bits per heavy atom. The molecule has 0 aromatic rings. The van der Waals surface area contributed by atoms with E-state index in [-0.39, 0.29) is 0 Å². The van der Waals surface area contributed by atoms with Gasteiger partial charge in [-0.25, -0.2) is 0 Å². The number of nitrogens with two attached hydrogens (primary N) is 1. The molecule has 0 unspecified atom stereocenters. The average Bonchev–Trinajstić information content (AvgIpc) is 2.01. The van der Waals surface area contributed by atoms with Gasteiger partial charge in [0, 0.05) is 12.2 Å². The lowest BCUT2D eigenvalue weighted by Gasteiger charge is -2.00.